The van der Waals surface area contributed by atoms with Gasteiger partial charge < -0.3 is 14.2 Å². The number of rotatable bonds is 4. The van der Waals surface area contributed by atoms with Gasteiger partial charge in [-0.3, -0.25) is 9.59 Å². The van der Waals surface area contributed by atoms with Crippen LogP contribution in [-0.2, 0) is 0 Å². The van der Waals surface area contributed by atoms with E-state index in [1.807, 2.05) is 14.1 Å². The van der Waals surface area contributed by atoms with E-state index in [2.05, 4.69) is 0 Å². The number of fused-ring (bicyclic) bond motifs is 2. The molecule has 5 nitrogen and oxygen atoms in total. The van der Waals surface area contributed by atoms with E-state index in [0.29, 0.717) is 29.6 Å². The summed E-state index contributed by atoms with van der Waals surface area (Å²) in [6.45, 7) is 1.13. The van der Waals surface area contributed by atoms with Crippen LogP contribution in [0.2, 0.25) is 0 Å². The molecule has 2 aromatic carbocycles. The number of carbonyl (C=O) groups is 1. The van der Waals surface area contributed by atoms with Crippen molar-refractivity contribution in [2.24, 2.45) is 0 Å². The molecule has 0 fully saturated rings. The lowest BCUT2D eigenvalue weighted by Gasteiger charge is -2.25. The van der Waals surface area contributed by atoms with Crippen molar-refractivity contribution in [1.82, 2.24) is 4.90 Å². The summed E-state index contributed by atoms with van der Waals surface area (Å²) in [5, 5.41) is 0.422. The zero-order valence-corrected chi connectivity index (χ0v) is 15.2. The van der Waals surface area contributed by atoms with Gasteiger partial charge >= 0.3 is 0 Å². The van der Waals surface area contributed by atoms with Gasteiger partial charge in [-0.15, -0.1) is 0 Å². The fourth-order valence-electron chi connectivity index (χ4n) is 3.57. The highest BCUT2D eigenvalue weighted by atomic mass is 19.1. The number of quaternary nitrogens is 1. The molecule has 4 rings (SSSR count). The molecule has 0 saturated heterocycles. The molecule has 27 heavy (non-hydrogen) atoms. The van der Waals surface area contributed by atoms with Crippen LogP contribution in [0.4, 0.5) is 4.39 Å². The first-order valence-electron chi connectivity index (χ1n) is 8.88. The van der Waals surface area contributed by atoms with Crippen molar-refractivity contribution in [1.29, 1.82) is 0 Å². The average Bonchev–Trinajstić information content (AvgIpc) is 2.93. The van der Waals surface area contributed by atoms with E-state index in [1.165, 1.54) is 17.0 Å². The van der Waals surface area contributed by atoms with Crippen molar-refractivity contribution in [3.05, 3.63) is 81.5 Å². The van der Waals surface area contributed by atoms with Gasteiger partial charge in [0.1, 0.15) is 11.4 Å². The van der Waals surface area contributed by atoms with Gasteiger partial charge in [0.05, 0.1) is 44.2 Å². The zero-order valence-electron chi connectivity index (χ0n) is 15.2. The van der Waals surface area contributed by atoms with E-state index in [9.17, 15) is 14.0 Å². The van der Waals surface area contributed by atoms with Gasteiger partial charge in [-0.05, 0) is 29.8 Å². The van der Waals surface area contributed by atoms with E-state index in [1.54, 1.807) is 41.3 Å². The number of carbonyl (C=O) groups excluding carboxylic acids is 1. The fraction of sp³-hybridized carbons (Fsp3) is 0.238. The van der Waals surface area contributed by atoms with Crippen LogP contribution in [0.1, 0.15) is 27.7 Å². The molecule has 0 radical (unpaired) electrons. The van der Waals surface area contributed by atoms with Crippen LogP contribution in [0.5, 0.6) is 0 Å². The van der Waals surface area contributed by atoms with Crippen molar-refractivity contribution in [3.8, 4) is 0 Å². The summed E-state index contributed by atoms with van der Waals surface area (Å²) in [5.41, 5.74) is 0.998. The Morgan fingerprint density at radius 3 is 2.63 bits per heavy atom. The molecule has 6 heteroatoms. The molecule has 138 valence electrons. The predicted octanol–water partition coefficient (Wildman–Crippen LogP) is 1.62. The first-order chi connectivity index (χ1) is 13.0. The van der Waals surface area contributed by atoms with Crippen LogP contribution in [0.25, 0.3) is 11.0 Å². The van der Waals surface area contributed by atoms with Crippen LogP contribution in [-0.4, -0.2) is 38.0 Å². The molecule has 1 aromatic heterocycles. The molecular weight excluding hydrogens is 347 g/mol. The number of nitrogens with zero attached hydrogens (tertiary/aromatic N) is 1. The molecule has 1 atom stereocenters. The number of halogens is 1. The molecule has 0 saturated carbocycles. The molecule has 1 aliphatic heterocycles. The van der Waals surface area contributed by atoms with Gasteiger partial charge in [0.25, 0.3) is 5.91 Å². The third-order valence-corrected chi connectivity index (χ3v) is 4.89. The summed E-state index contributed by atoms with van der Waals surface area (Å²) in [4.78, 5) is 29.0. The minimum atomic E-state index is -0.650. The monoisotopic (exact) mass is 367 g/mol. The number of benzene rings is 2. The van der Waals surface area contributed by atoms with E-state index in [0.717, 1.165) is 0 Å². The Hall–Kier alpha value is -2.99. The van der Waals surface area contributed by atoms with Crippen LogP contribution < -0.4 is 10.3 Å². The van der Waals surface area contributed by atoms with Gasteiger partial charge in [0.2, 0.25) is 5.76 Å². The maximum Gasteiger partial charge on any atom is 0.291 e. The highest BCUT2D eigenvalue weighted by Crippen LogP contribution is 2.37. The first kappa shape index (κ1) is 17.4. The number of hydrogen-bond acceptors (Lipinski definition) is 3. The SMILES string of the molecule is C[NH+](C)CCN1C(=O)c2oc3ccccc3c(=O)c2[C@H]1c1cccc(F)c1. The summed E-state index contributed by atoms with van der Waals surface area (Å²) < 4.78 is 19.7. The topological polar surface area (TPSA) is 55.0 Å². The Morgan fingerprint density at radius 1 is 1.11 bits per heavy atom. The smallest absolute Gasteiger partial charge is 0.291 e. The summed E-state index contributed by atoms with van der Waals surface area (Å²) in [7, 11) is 3.98. The average molecular weight is 367 g/mol. The molecule has 0 unspecified atom stereocenters. The predicted molar refractivity (Wildman–Crippen MR) is 99.4 cm³/mol. The van der Waals surface area contributed by atoms with Gasteiger partial charge in [0, 0.05) is 0 Å². The Bertz CT molecular complexity index is 1090. The van der Waals surface area contributed by atoms with Crippen molar-refractivity contribution < 1.29 is 18.5 Å². The quantitative estimate of drug-likeness (QED) is 0.763. The third-order valence-electron chi connectivity index (χ3n) is 4.89. The lowest BCUT2D eigenvalue weighted by atomic mass is 9.98. The molecule has 1 N–H and O–H groups in total. The first-order valence-corrected chi connectivity index (χ1v) is 8.88. The van der Waals surface area contributed by atoms with Crippen molar-refractivity contribution in [2.75, 3.05) is 27.2 Å². The van der Waals surface area contributed by atoms with Crippen LogP contribution >= 0.6 is 0 Å². The number of hydrogen-bond donors (Lipinski definition) is 1. The van der Waals surface area contributed by atoms with E-state index in [-0.39, 0.29) is 22.7 Å². The molecule has 1 aliphatic rings. The molecule has 3 aromatic rings. The second-order valence-electron chi connectivity index (χ2n) is 7.08. The summed E-state index contributed by atoms with van der Waals surface area (Å²) >= 11 is 0. The Kier molecular flexibility index (Phi) is 4.28. The van der Waals surface area contributed by atoms with Gasteiger partial charge in [-0.1, -0.05) is 24.3 Å². The molecule has 0 aliphatic carbocycles. The van der Waals surface area contributed by atoms with E-state index < -0.39 is 11.9 Å². The summed E-state index contributed by atoms with van der Waals surface area (Å²) in [6.07, 6.45) is 0. The molecule has 0 bridgehead atoms. The lowest BCUT2D eigenvalue weighted by molar-refractivity contribution is -0.857. The fourth-order valence-corrected chi connectivity index (χ4v) is 3.57. The molecule has 2 heterocycles. The number of nitrogens with one attached hydrogen (secondary N) is 1. The molecule has 0 spiro atoms. The number of para-hydroxylation sites is 1. The van der Waals surface area contributed by atoms with Crippen molar-refractivity contribution in [3.63, 3.8) is 0 Å². The Labute approximate surface area is 155 Å². The number of likely N-dealkylation sites (N-methyl/N-ethyl adjacent to an activating group) is 1. The highest BCUT2D eigenvalue weighted by molar-refractivity contribution is 5.99. The maximum atomic E-state index is 13.9. The van der Waals surface area contributed by atoms with Crippen LogP contribution in [0, 0.1) is 5.82 Å². The Morgan fingerprint density at radius 2 is 1.89 bits per heavy atom. The van der Waals surface area contributed by atoms with Crippen LogP contribution in [0.15, 0.2) is 57.7 Å². The largest absolute Gasteiger partial charge is 0.450 e. The maximum absolute atomic E-state index is 13.9. The van der Waals surface area contributed by atoms with Crippen LogP contribution in [0.3, 0.4) is 0 Å². The number of amides is 1. The minimum absolute atomic E-state index is 0.0571. The lowest BCUT2D eigenvalue weighted by Crippen LogP contribution is -3.06. The molecular formula is C21H20FN2O3+. The second kappa shape index (κ2) is 6.63. The third kappa shape index (κ3) is 2.92. The second-order valence-corrected chi connectivity index (χ2v) is 7.08. The van der Waals surface area contributed by atoms with Crippen molar-refractivity contribution >= 4 is 16.9 Å². The minimum Gasteiger partial charge on any atom is -0.450 e. The van der Waals surface area contributed by atoms with E-state index >= 15 is 0 Å². The normalized spacial score (nSPS) is 16.4. The standard InChI is InChI=1S/C21H19FN2O3/c1-23(2)10-11-24-18(13-6-5-7-14(22)12-13)17-19(25)15-8-3-4-9-16(15)27-20(17)21(24)26/h3-9,12,18H,10-11H2,1-2H3/p+1/t18-/m1/s1. The van der Waals surface area contributed by atoms with Gasteiger partial charge in [0.15, 0.2) is 5.43 Å². The summed E-state index contributed by atoms with van der Waals surface area (Å²) in [5.74, 6) is -0.679. The van der Waals surface area contributed by atoms with Gasteiger partial charge in [-0.2, -0.15) is 0 Å². The Balaban J connectivity index is 1.94. The van der Waals surface area contributed by atoms with E-state index in [4.69, 9.17) is 4.42 Å². The summed E-state index contributed by atoms with van der Waals surface area (Å²) in [6, 6.07) is 12.3. The van der Waals surface area contributed by atoms with Gasteiger partial charge in [-0.25, -0.2) is 4.39 Å². The molecule has 1 amide bonds. The zero-order chi connectivity index (χ0) is 19.1. The van der Waals surface area contributed by atoms with Crippen molar-refractivity contribution in [2.45, 2.75) is 6.04 Å². The highest BCUT2D eigenvalue weighted by Gasteiger charge is 2.42.